The van der Waals surface area contributed by atoms with Crippen LogP contribution in [0.2, 0.25) is 0 Å². The van der Waals surface area contributed by atoms with E-state index in [0.717, 1.165) is 19.5 Å². The summed E-state index contributed by atoms with van der Waals surface area (Å²) < 4.78 is 14.4. The minimum atomic E-state index is -1.30. The quantitative estimate of drug-likeness (QED) is 0.634. The number of nitro benzene ring substituents is 1. The van der Waals surface area contributed by atoms with Crippen LogP contribution in [0.25, 0.3) is 0 Å². The third-order valence-electron chi connectivity index (χ3n) is 2.36. The van der Waals surface area contributed by atoms with Crippen LogP contribution in [-0.4, -0.2) is 26.5 Å². The first-order chi connectivity index (χ1) is 7.59. The number of rotatable bonds is 3. The maximum atomic E-state index is 12.0. The summed E-state index contributed by atoms with van der Waals surface area (Å²) in [5, 5.41) is 10.6. The zero-order valence-electron chi connectivity index (χ0n) is 8.26. The smallest absolute Gasteiger partial charge is 0.258 e. The summed E-state index contributed by atoms with van der Waals surface area (Å²) in [5.41, 5.74) is -0.0351. The van der Waals surface area contributed by atoms with Gasteiger partial charge >= 0.3 is 0 Å². The Labute approximate surface area is 103 Å². The molecule has 0 saturated carbocycles. The molecule has 1 saturated heterocycles. The fourth-order valence-corrected chi connectivity index (χ4v) is 3.32. The highest BCUT2D eigenvalue weighted by Crippen LogP contribution is 2.28. The summed E-state index contributed by atoms with van der Waals surface area (Å²) in [6, 6.07) is 4.31. The van der Waals surface area contributed by atoms with Crippen molar-refractivity contribution in [3.63, 3.8) is 0 Å². The van der Waals surface area contributed by atoms with Gasteiger partial charge in [0.2, 0.25) is 0 Å². The normalized spacial score (nSPS) is 17.8. The van der Waals surface area contributed by atoms with Crippen LogP contribution in [0, 0.1) is 10.1 Å². The molecule has 0 aliphatic carbocycles. The highest BCUT2D eigenvalue weighted by atomic mass is 79.9. The van der Waals surface area contributed by atoms with Crippen molar-refractivity contribution in [2.24, 2.45) is 0 Å². The first-order valence-electron chi connectivity index (χ1n) is 4.70. The van der Waals surface area contributed by atoms with Crippen molar-refractivity contribution < 1.29 is 9.13 Å². The second-order valence-corrected chi connectivity index (χ2v) is 5.71. The minimum Gasteiger partial charge on any atom is -0.258 e. The van der Waals surface area contributed by atoms with E-state index in [1.54, 1.807) is 10.4 Å². The Kier molecular flexibility index (Phi) is 3.36. The molecule has 1 aliphatic rings. The maximum Gasteiger partial charge on any atom is 0.270 e. The Bertz CT molecular complexity index is 462. The Morgan fingerprint density at radius 3 is 2.62 bits per heavy atom. The van der Waals surface area contributed by atoms with Gasteiger partial charge in [-0.1, -0.05) is 0 Å². The van der Waals surface area contributed by atoms with Crippen molar-refractivity contribution in [3.8, 4) is 0 Å². The first kappa shape index (κ1) is 11.7. The van der Waals surface area contributed by atoms with Crippen LogP contribution in [0.3, 0.4) is 0 Å². The Morgan fingerprint density at radius 2 is 2.12 bits per heavy atom. The van der Waals surface area contributed by atoms with Crippen molar-refractivity contribution in [2.45, 2.75) is 11.3 Å². The molecular formula is C9H9BrN2O3S. The lowest BCUT2D eigenvalue weighted by molar-refractivity contribution is -0.385. The predicted molar refractivity (Wildman–Crippen MR) is 63.4 cm³/mol. The van der Waals surface area contributed by atoms with E-state index in [9.17, 15) is 14.3 Å². The number of nitrogens with zero attached hydrogens (tertiary/aromatic N) is 2. The van der Waals surface area contributed by atoms with Crippen LogP contribution in [0.1, 0.15) is 6.42 Å². The number of non-ortho nitro benzene ring substituents is 1. The summed E-state index contributed by atoms with van der Waals surface area (Å²) >= 11 is 3.26. The lowest BCUT2D eigenvalue weighted by Gasteiger charge is -2.29. The first-order valence-corrected chi connectivity index (χ1v) is 6.60. The van der Waals surface area contributed by atoms with Crippen molar-refractivity contribution in [2.75, 3.05) is 13.1 Å². The number of hydrogen-bond donors (Lipinski definition) is 0. The summed E-state index contributed by atoms with van der Waals surface area (Å²) in [6.07, 6.45) is 1.03. The van der Waals surface area contributed by atoms with E-state index in [-0.39, 0.29) is 5.69 Å². The Balaban J connectivity index is 2.34. The molecule has 5 nitrogen and oxygen atoms in total. The monoisotopic (exact) mass is 304 g/mol. The molecule has 1 unspecified atom stereocenters. The lowest BCUT2D eigenvalue weighted by Crippen LogP contribution is -2.38. The fraction of sp³-hybridized carbons (Fsp3) is 0.333. The van der Waals surface area contributed by atoms with Gasteiger partial charge in [0, 0.05) is 29.7 Å². The van der Waals surface area contributed by atoms with Crippen LogP contribution < -0.4 is 0 Å². The molecule has 16 heavy (non-hydrogen) atoms. The number of benzene rings is 1. The molecule has 0 aromatic heterocycles. The summed E-state index contributed by atoms with van der Waals surface area (Å²) in [7, 11) is -1.30. The van der Waals surface area contributed by atoms with Gasteiger partial charge in [0.1, 0.15) is 11.0 Å². The molecule has 1 fully saturated rings. The van der Waals surface area contributed by atoms with Crippen LogP contribution in [0.4, 0.5) is 5.69 Å². The zero-order chi connectivity index (χ0) is 11.7. The van der Waals surface area contributed by atoms with Crippen LogP contribution in [0.5, 0.6) is 0 Å². The van der Waals surface area contributed by atoms with E-state index in [1.807, 2.05) is 0 Å². The number of hydrogen-bond acceptors (Lipinski definition) is 3. The van der Waals surface area contributed by atoms with E-state index in [4.69, 9.17) is 0 Å². The third-order valence-corrected chi connectivity index (χ3v) is 4.87. The van der Waals surface area contributed by atoms with E-state index in [0.29, 0.717) is 9.37 Å². The molecular weight excluding hydrogens is 296 g/mol. The van der Waals surface area contributed by atoms with E-state index in [1.165, 1.54) is 12.1 Å². The van der Waals surface area contributed by atoms with Crippen LogP contribution in [0.15, 0.2) is 27.6 Å². The molecule has 0 bridgehead atoms. The summed E-state index contributed by atoms with van der Waals surface area (Å²) in [4.78, 5) is 10.6. The van der Waals surface area contributed by atoms with E-state index >= 15 is 0 Å². The fourth-order valence-electron chi connectivity index (χ4n) is 1.33. The van der Waals surface area contributed by atoms with Crippen LogP contribution >= 0.6 is 15.9 Å². The van der Waals surface area contributed by atoms with Gasteiger partial charge < -0.3 is 0 Å². The van der Waals surface area contributed by atoms with Gasteiger partial charge in [-0.2, -0.15) is 0 Å². The van der Waals surface area contributed by atoms with Gasteiger partial charge in [-0.3, -0.25) is 10.1 Å². The van der Waals surface area contributed by atoms with Crippen molar-refractivity contribution >= 4 is 32.6 Å². The second kappa shape index (κ2) is 4.60. The number of nitro groups is 1. The van der Waals surface area contributed by atoms with Gasteiger partial charge in [0.05, 0.1) is 9.82 Å². The van der Waals surface area contributed by atoms with Crippen LogP contribution in [-0.2, 0) is 11.0 Å². The van der Waals surface area contributed by atoms with Crippen molar-refractivity contribution in [1.29, 1.82) is 0 Å². The molecule has 0 amide bonds. The van der Waals surface area contributed by atoms with Gasteiger partial charge in [-0.05, 0) is 28.4 Å². The van der Waals surface area contributed by atoms with E-state index in [2.05, 4.69) is 15.9 Å². The third kappa shape index (κ3) is 2.16. The molecule has 1 heterocycles. The highest BCUT2D eigenvalue weighted by Gasteiger charge is 2.24. The molecule has 86 valence electrons. The largest absolute Gasteiger partial charge is 0.270 e. The topological polar surface area (TPSA) is 63.5 Å². The minimum absolute atomic E-state index is 0.0351. The molecule has 1 aliphatic heterocycles. The standard InChI is InChI=1S/C9H9BrN2O3S/c10-8-3-2-7(12(13)14)6-9(8)16(15)11-4-1-5-11/h2-3,6H,1,4-5H2. The zero-order valence-corrected chi connectivity index (χ0v) is 10.7. The summed E-state index contributed by atoms with van der Waals surface area (Å²) in [6.45, 7) is 1.56. The van der Waals surface area contributed by atoms with Crippen molar-refractivity contribution in [3.05, 3.63) is 32.8 Å². The Morgan fingerprint density at radius 1 is 1.44 bits per heavy atom. The molecule has 0 radical (unpaired) electrons. The molecule has 7 heteroatoms. The number of halogens is 1. The van der Waals surface area contributed by atoms with Gasteiger partial charge in [-0.25, -0.2) is 8.51 Å². The molecule has 1 aromatic carbocycles. The van der Waals surface area contributed by atoms with Crippen molar-refractivity contribution in [1.82, 2.24) is 4.31 Å². The predicted octanol–water partition coefficient (Wildman–Crippen LogP) is 2.09. The second-order valence-electron chi connectivity index (χ2n) is 3.40. The highest BCUT2D eigenvalue weighted by molar-refractivity contribution is 9.10. The Hall–Kier alpha value is -0.790. The molecule has 0 N–H and O–H groups in total. The SMILES string of the molecule is O=[N+]([O-])c1ccc(Br)c(S(=O)N2CCC2)c1. The van der Waals surface area contributed by atoms with E-state index < -0.39 is 15.9 Å². The maximum absolute atomic E-state index is 12.0. The molecule has 1 atom stereocenters. The lowest BCUT2D eigenvalue weighted by atomic mass is 10.3. The van der Waals surface area contributed by atoms with Gasteiger partial charge in [-0.15, -0.1) is 0 Å². The molecule has 2 rings (SSSR count). The van der Waals surface area contributed by atoms with Gasteiger partial charge in [0.25, 0.3) is 5.69 Å². The molecule has 0 spiro atoms. The summed E-state index contributed by atoms with van der Waals surface area (Å²) in [5.74, 6) is 0. The average molecular weight is 305 g/mol. The molecule has 1 aromatic rings. The van der Waals surface area contributed by atoms with Gasteiger partial charge in [0.15, 0.2) is 0 Å². The average Bonchev–Trinajstić information content (AvgIpc) is 2.15.